The van der Waals surface area contributed by atoms with Gasteiger partial charge in [-0.15, -0.1) is 0 Å². The zero-order valence-electron chi connectivity index (χ0n) is 11.6. The van der Waals surface area contributed by atoms with Crippen molar-refractivity contribution in [2.45, 2.75) is 38.1 Å². The van der Waals surface area contributed by atoms with E-state index in [2.05, 4.69) is 40.8 Å². The maximum atomic E-state index is 11.9. The largest absolute Gasteiger partial charge is 0.496 e. The maximum Gasteiger partial charge on any atom is 0.222 e. The Hall–Kier alpha value is -0.780. The van der Waals surface area contributed by atoms with Crippen LogP contribution in [-0.2, 0) is 4.79 Å². The second-order valence-corrected chi connectivity index (χ2v) is 6.22. The van der Waals surface area contributed by atoms with Crippen molar-refractivity contribution in [2.24, 2.45) is 0 Å². The van der Waals surface area contributed by atoms with Gasteiger partial charge in [-0.3, -0.25) is 4.79 Å². The van der Waals surface area contributed by atoms with E-state index >= 15 is 0 Å². The molecule has 1 aliphatic rings. The zero-order chi connectivity index (χ0) is 14.0. The minimum atomic E-state index is 0.257. The van der Waals surface area contributed by atoms with Crippen molar-refractivity contribution >= 4 is 28.5 Å². The van der Waals surface area contributed by atoms with Gasteiger partial charge in [0.25, 0.3) is 0 Å². The maximum absolute atomic E-state index is 11.9. The summed E-state index contributed by atoms with van der Waals surface area (Å²) in [6.07, 6.45) is 2.63. The first-order chi connectivity index (χ1) is 9.08. The Morgan fingerprint density at radius 1 is 1.53 bits per heavy atom. The van der Waals surface area contributed by atoms with Gasteiger partial charge in [0.1, 0.15) is 5.75 Å². The highest BCUT2D eigenvalue weighted by Gasteiger charge is 2.43. The minimum absolute atomic E-state index is 0.257. The van der Waals surface area contributed by atoms with Crippen LogP contribution in [0, 0.1) is 3.57 Å². The summed E-state index contributed by atoms with van der Waals surface area (Å²) in [7, 11) is 3.62. The van der Waals surface area contributed by atoms with E-state index in [-0.39, 0.29) is 5.91 Å². The van der Waals surface area contributed by atoms with Gasteiger partial charge >= 0.3 is 0 Å². The molecular weight excluding hydrogens is 353 g/mol. The Morgan fingerprint density at radius 3 is 2.89 bits per heavy atom. The topological polar surface area (TPSA) is 29.5 Å². The molecule has 0 aromatic heterocycles. The molecule has 1 aliphatic carbocycles. The summed E-state index contributed by atoms with van der Waals surface area (Å²) in [5.74, 6) is 1.65. The first-order valence-electron chi connectivity index (χ1n) is 6.67. The molecule has 104 valence electrons. The third-order valence-corrected chi connectivity index (χ3v) is 4.61. The van der Waals surface area contributed by atoms with Gasteiger partial charge in [0.2, 0.25) is 5.91 Å². The fraction of sp³-hybridized carbons (Fsp3) is 0.533. The van der Waals surface area contributed by atoms with Crippen molar-refractivity contribution in [2.75, 3.05) is 14.2 Å². The number of benzene rings is 1. The van der Waals surface area contributed by atoms with Crippen molar-refractivity contribution in [1.29, 1.82) is 0 Å². The second kappa shape index (κ2) is 6.11. The third-order valence-electron chi connectivity index (χ3n) is 3.71. The van der Waals surface area contributed by atoms with Crippen LogP contribution in [-0.4, -0.2) is 31.0 Å². The van der Waals surface area contributed by atoms with Crippen molar-refractivity contribution in [3.05, 3.63) is 27.3 Å². The Morgan fingerprint density at radius 2 is 2.26 bits per heavy atom. The summed E-state index contributed by atoms with van der Waals surface area (Å²) in [6, 6.07) is 6.69. The highest BCUT2D eigenvalue weighted by Crippen LogP contribution is 2.45. The lowest BCUT2D eigenvalue weighted by atomic mass is 10.1. The van der Waals surface area contributed by atoms with E-state index in [1.54, 1.807) is 7.11 Å². The van der Waals surface area contributed by atoms with Crippen molar-refractivity contribution in [3.8, 4) is 5.75 Å². The van der Waals surface area contributed by atoms with Crippen LogP contribution < -0.4 is 4.74 Å². The summed E-state index contributed by atoms with van der Waals surface area (Å²) in [5.41, 5.74) is 1.28. The number of hydrogen-bond acceptors (Lipinski definition) is 2. The molecule has 19 heavy (non-hydrogen) atoms. The first kappa shape index (κ1) is 14.6. The molecule has 0 bridgehead atoms. The molecule has 2 rings (SSSR count). The third kappa shape index (κ3) is 3.22. The molecule has 2 atom stereocenters. The molecule has 1 amide bonds. The summed E-state index contributed by atoms with van der Waals surface area (Å²) >= 11 is 2.27. The molecule has 0 saturated heterocycles. The highest BCUT2D eigenvalue weighted by atomic mass is 127. The van der Waals surface area contributed by atoms with Crippen LogP contribution in [0.25, 0.3) is 0 Å². The van der Waals surface area contributed by atoms with Crippen molar-refractivity contribution in [3.63, 3.8) is 0 Å². The predicted octanol–water partition coefficient (Wildman–Crippen LogP) is 3.41. The molecule has 1 aromatic rings. The lowest BCUT2D eigenvalue weighted by Gasteiger charge is -2.17. The number of rotatable bonds is 5. The highest BCUT2D eigenvalue weighted by molar-refractivity contribution is 14.1. The number of likely N-dealkylation sites (N-methyl/N-ethyl adjacent to an activating group) is 1. The molecular formula is C15H20INO2. The number of carbonyl (C=O) groups excluding carboxylic acids is 1. The molecule has 0 radical (unpaired) electrons. The molecule has 1 aromatic carbocycles. The van der Waals surface area contributed by atoms with Crippen LogP contribution in [0.1, 0.15) is 37.7 Å². The Kier molecular flexibility index (Phi) is 4.71. The molecule has 0 heterocycles. The fourth-order valence-corrected chi connectivity index (χ4v) is 3.01. The molecule has 0 aliphatic heterocycles. The molecule has 0 N–H and O–H groups in total. The molecule has 0 spiro atoms. The Labute approximate surface area is 128 Å². The first-order valence-corrected chi connectivity index (χ1v) is 7.75. The Balaban J connectivity index is 2.04. The van der Waals surface area contributed by atoms with Gasteiger partial charge in [-0.1, -0.05) is 13.0 Å². The molecule has 3 nitrogen and oxygen atoms in total. The molecule has 4 heteroatoms. The monoisotopic (exact) mass is 373 g/mol. The lowest BCUT2D eigenvalue weighted by molar-refractivity contribution is -0.130. The number of hydrogen-bond donors (Lipinski definition) is 0. The van der Waals surface area contributed by atoms with E-state index in [0.29, 0.717) is 18.4 Å². The normalized spacial score (nSPS) is 21.1. The standard InChI is InChI=1S/C15H20INO2/c1-4-5-15(18)17(2)13-9-11(13)10-6-7-12(16)14(8-10)19-3/h6-8,11,13H,4-5,9H2,1-3H3. The summed E-state index contributed by atoms with van der Waals surface area (Å²) in [4.78, 5) is 13.8. The SMILES string of the molecule is CCCC(=O)N(C)C1CC1c1ccc(I)c(OC)c1. The van der Waals surface area contributed by atoms with Crippen LogP contribution in [0.4, 0.5) is 0 Å². The predicted molar refractivity (Wildman–Crippen MR) is 84.5 cm³/mol. The van der Waals surface area contributed by atoms with Gasteiger partial charge in [0.05, 0.1) is 10.7 Å². The van der Waals surface area contributed by atoms with Crippen LogP contribution >= 0.6 is 22.6 Å². The Bertz CT molecular complexity index is 475. The van der Waals surface area contributed by atoms with Crippen LogP contribution in [0.3, 0.4) is 0 Å². The van der Waals surface area contributed by atoms with E-state index in [9.17, 15) is 4.79 Å². The number of methoxy groups -OCH3 is 1. The number of amides is 1. The summed E-state index contributed by atoms with van der Waals surface area (Å²) < 4.78 is 6.48. The zero-order valence-corrected chi connectivity index (χ0v) is 13.8. The number of carbonyl (C=O) groups is 1. The van der Waals surface area contributed by atoms with Gasteiger partial charge in [-0.25, -0.2) is 0 Å². The molecule has 1 fully saturated rings. The van der Waals surface area contributed by atoms with Gasteiger partial charge in [0.15, 0.2) is 0 Å². The van der Waals surface area contributed by atoms with Crippen LogP contribution in [0.5, 0.6) is 5.75 Å². The smallest absolute Gasteiger partial charge is 0.222 e. The van der Waals surface area contributed by atoms with Gasteiger partial charge in [-0.05, 0) is 53.1 Å². The fourth-order valence-electron chi connectivity index (χ4n) is 2.45. The number of ether oxygens (including phenoxy) is 1. The van der Waals surface area contributed by atoms with Gasteiger partial charge < -0.3 is 9.64 Å². The van der Waals surface area contributed by atoms with Gasteiger partial charge in [0, 0.05) is 25.4 Å². The minimum Gasteiger partial charge on any atom is -0.496 e. The van der Waals surface area contributed by atoms with Crippen molar-refractivity contribution in [1.82, 2.24) is 4.90 Å². The molecule has 1 saturated carbocycles. The second-order valence-electron chi connectivity index (χ2n) is 5.06. The van der Waals surface area contributed by atoms with Crippen LogP contribution in [0.2, 0.25) is 0 Å². The number of halogens is 1. The van der Waals surface area contributed by atoms with E-state index < -0.39 is 0 Å². The van der Waals surface area contributed by atoms with E-state index in [1.807, 2.05) is 18.9 Å². The van der Waals surface area contributed by atoms with Crippen LogP contribution in [0.15, 0.2) is 18.2 Å². The quantitative estimate of drug-likeness (QED) is 0.741. The average molecular weight is 373 g/mol. The van der Waals surface area contributed by atoms with E-state index in [1.165, 1.54) is 5.56 Å². The van der Waals surface area contributed by atoms with Gasteiger partial charge in [-0.2, -0.15) is 0 Å². The number of nitrogens with zero attached hydrogens (tertiary/aromatic N) is 1. The van der Waals surface area contributed by atoms with E-state index in [4.69, 9.17) is 4.74 Å². The lowest BCUT2D eigenvalue weighted by Crippen LogP contribution is -2.29. The van der Waals surface area contributed by atoms with E-state index in [0.717, 1.165) is 22.2 Å². The molecule has 2 unspecified atom stereocenters. The average Bonchev–Trinajstić information content (AvgIpc) is 3.19. The summed E-state index contributed by atoms with van der Waals surface area (Å²) in [6.45, 7) is 2.04. The summed E-state index contributed by atoms with van der Waals surface area (Å²) in [5, 5.41) is 0. The van der Waals surface area contributed by atoms with Crippen molar-refractivity contribution < 1.29 is 9.53 Å².